The minimum absolute atomic E-state index is 0.00973. The van der Waals surface area contributed by atoms with Gasteiger partial charge in [0.15, 0.2) is 0 Å². The lowest BCUT2D eigenvalue weighted by Gasteiger charge is -2.15. The second-order valence-electron chi connectivity index (χ2n) is 4.27. The Morgan fingerprint density at radius 3 is 2.76 bits per heavy atom. The Labute approximate surface area is 103 Å². The van der Waals surface area contributed by atoms with Gasteiger partial charge in [0.25, 0.3) is 5.91 Å². The predicted molar refractivity (Wildman–Crippen MR) is 69.6 cm³/mol. The smallest absolute Gasteiger partial charge is 0.251 e. The SMILES string of the molecule is COCC(C)NC(=O)c1cccc(N(C)C)c1. The number of methoxy groups -OCH3 is 1. The monoisotopic (exact) mass is 236 g/mol. The van der Waals surface area contributed by atoms with Crippen LogP contribution < -0.4 is 10.2 Å². The molecule has 0 aliphatic rings. The number of ether oxygens (including phenoxy) is 1. The molecule has 1 unspecified atom stereocenters. The van der Waals surface area contributed by atoms with Crippen molar-refractivity contribution in [2.24, 2.45) is 0 Å². The zero-order valence-corrected chi connectivity index (χ0v) is 10.9. The molecule has 4 heteroatoms. The quantitative estimate of drug-likeness (QED) is 0.842. The van der Waals surface area contributed by atoms with E-state index in [-0.39, 0.29) is 11.9 Å². The van der Waals surface area contributed by atoms with Gasteiger partial charge in [-0.3, -0.25) is 4.79 Å². The zero-order valence-electron chi connectivity index (χ0n) is 10.9. The first-order valence-electron chi connectivity index (χ1n) is 5.61. The number of anilines is 1. The average molecular weight is 236 g/mol. The molecule has 0 saturated carbocycles. The van der Waals surface area contributed by atoms with Crippen molar-refractivity contribution in [2.45, 2.75) is 13.0 Å². The number of hydrogen-bond acceptors (Lipinski definition) is 3. The average Bonchev–Trinajstić information content (AvgIpc) is 2.29. The third-order valence-electron chi connectivity index (χ3n) is 2.42. The highest BCUT2D eigenvalue weighted by Crippen LogP contribution is 2.13. The zero-order chi connectivity index (χ0) is 12.8. The second-order valence-corrected chi connectivity index (χ2v) is 4.27. The summed E-state index contributed by atoms with van der Waals surface area (Å²) >= 11 is 0. The molecule has 4 nitrogen and oxygen atoms in total. The summed E-state index contributed by atoms with van der Waals surface area (Å²) in [5.41, 5.74) is 1.68. The normalized spacial score (nSPS) is 12.0. The first-order valence-corrected chi connectivity index (χ1v) is 5.61. The van der Waals surface area contributed by atoms with Crippen LogP contribution >= 0.6 is 0 Å². The number of benzene rings is 1. The number of carbonyl (C=O) groups is 1. The molecule has 0 aliphatic heterocycles. The molecule has 0 saturated heterocycles. The summed E-state index contributed by atoms with van der Waals surface area (Å²) in [6, 6.07) is 7.53. The van der Waals surface area contributed by atoms with Crippen molar-refractivity contribution in [3.63, 3.8) is 0 Å². The molecule has 0 aromatic heterocycles. The van der Waals surface area contributed by atoms with Gasteiger partial charge in [0, 0.05) is 38.5 Å². The van der Waals surface area contributed by atoms with E-state index < -0.39 is 0 Å². The van der Waals surface area contributed by atoms with Crippen LogP contribution in [0.2, 0.25) is 0 Å². The first-order chi connectivity index (χ1) is 8.04. The van der Waals surface area contributed by atoms with Crippen LogP contribution in [0.25, 0.3) is 0 Å². The van der Waals surface area contributed by atoms with Crippen molar-refractivity contribution in [2.75, 3.05) is 32.7 Å². The standard InChI is InChI=1S/C13H20N2O2/c1-10(9-17-4)14-13(16)11-6-5-7-12(8-11)15(2)3/h5-8,10H,9H2,1-4H3,(H,14,16). The lowest BCUT2D eigenvalue weighted by atomic mass is 10.1. The number of hydrogen-bond donors (Lipinski definition) is 1. The Morgan fingerprint density at radius 1 is 1.47 bits per heavy atom. The highest BCUT2D eigenvalue weighted by Gasteiger charge is 2.10. The molecule has 1 rings (SSSR count). The predicted octanol–water partition coefficient (Wildman–Crippen LogP) is 1.52. The van der Waals surface area contributed by atoms with Gasteiger partial charge in [0.2, 0.25) is 0 Å². The van der Waals surface area contributed by atoms with Crippen LogP contribution in [0, 0.1) is 0 Å². The molecule has 0 radical (unpaired) electrons. The minimum Gasteiger partial charge on any atom is -0.383 e. The van der Waals surface area contributed by atoms with E-state index in [1.165, 1.54) is 0 Å². The maximum Gasteiger partial charge on any atom is 0.251 e. The molecule has 1 amide bonds. The van der Waals surface area contributed by atoms with Gasteiger partial charge in [0.1, 0.15) is 0 Å². The van der Waals surface area contributed by atoms with Gasteiger partial charge in [-0.05, 0) is 25.1 Å². The van der Waals surface area contributed by atoms with Crippen LogP contribution in [0.4, 0.5) is 5.69 Å². The third kappa shape index (κ3) is 4.07. The maximum atomic E-state index is 11.9. The lowest BCUT2D eigenvalue weighted by Crippen LogP contribution is -2.35. The van der Waals surface area contributed by atoms with Gasteiger partial charge in [-0.2, -0.15) is 0 Å². The van der Waals surface area contributed by atoms with E-state index in [0.717, 1.165) is 5.69 Å². The fraction of sp³-hybridized carbons (Fsp3) is 0.462. The fourth-order valence-electron chi connectivity index (χ4n) is 1.52. The van der Waals surface area contributed by atoms with Gasteiger partial charge < -0.3 is 15.0 Å². The summed E-state index contributed by atoms with van der Waals surface area (Å²) in [5, 5.41) is 2.88. The van der Waals surface area contributed by atoms with Crippen molar-refractivity contribution in [3.05, 3.63) is 29.8 Å². The van der Waals surface area contributed by atoms with Gasteiger partial charge >= 0.3 is 0 Å². The number of carbonyl (C=O) groups excluding carboxylic acids is 1. The Balaban J connectivity index is 2.72. The maximum absolute atomic E-state index is 11.9. The van der Waals surface area contributed by atoms with Crippen molar-refractivity contribution in [1.29, 1.82) is 0 Å². The van der Waals surface area contributed by atoms with E-state index in [0.29, 0.717) is 12.2 Å². The van der Waals surface area contributed by atoms with E-state index in [2.05, 4.69) is 5.32 Å². The van der Waals surface area contributed by atoms with Gasteiger partial charge in [-0.1, -0.05) is 6.07 Å². The van der Waals surface area contributed by atoms with Crippen LogP contribution in [0.15, 0.2) is 24.3 Å². The lowest BCUT2D eigenvalue weighted by molar-refractivity contribution is 0.0905. The molecule has 0 fully saturated rings. The molecule has 94 valence electrons. The van der Waals surface area contributed by atoms with E-state index >= 15 is 0 Å². The molecular formula is C13H20N2O2. The Morgan fingerprint density at radius 2 is 2.18 bits per heavy atom. The van der Waals surface area contributed by atoms with Crippen LogP contribution in [0.3, 0.4) is 0 Å². The number of amides is 1. The Bertz CT molecular complexity index is 377. The number of nitrogens with one attached hydrogen (secondary N) is 1. The van der Waals surface area contributed by atoms with E-state index in [9.17, 15) is 4.79 Å². The fourth-order valence-corrected chi connectivity index (χ4v) is 1.52. The largest absolute Gasteiger partial charge is 0.383 e. The Kier molecular flexibility index (Phi) is 4.97. The van der Waals surface area contributed by atoms with Crippen LogP contribution in [-0.4, -0.2) is 39.8 Å². The summed E-state index contributed by atoms with van der Waals surface area (Å²) in [4.78, 5) is 13.9. The molecule has 1 aromatic carbocycles. The number of rotatable bonds is 5. The molecule has 0 spiro atoms. The summed E-state index contributed by atoms with van der Waals surface area (Å²) in [7, 11) is 5.52. The number of nitrogens with zero attached hydrogens (tertiary/aromatic N) is 1. The molecule has 17 heavy (non-hydrogen) atoms. The summed E-state index contributed by atoms with van der Waals surface area (Å²) in [6.07, 6.45) is 0. The van der Waals surface area contributed by atoms with Gasteiger partial charge in [-0.25, -0.2) is 0 Å². The highest BCUT2D eigenvalue weighted by molar-refractivity contribution is 5.95. The van der Waals surface area contributed by atoms with Gasteiger partial charge in [0.05, 0.1) is 6.61 Å². The minimum atomic E-state index is -0.0711. The third-order valence-corrected chi connectivity index (χ3v) is 2.42. The summed E-state index contributed by atoms with van der Waals surface area (Å²) < 4.78 is 4.98. The molecule has 1 N–H and O–H groups in total. The molecular weight excluding hydrogens is 216 g/mol. The van der Waals surface area contributed by atoms with Crippen molar-refractivity contribution >= 4 is 11.6 Å². The van der Waals surface area contributed by atoms with E-state index in [1.807, 2.05) is 50.2 Å². The van der Waals surface area contributed by atoms with Crippen molar-refractivity contribution in [1.82, 2.24) is 5.32 Å². The van der Waals surface area contributed by atoms with Crippen molar-refractivity contribution < 1.29 is 9.53 Å². The molecule has 1 atom stereocenters. The topological polar surface area (TPSA) is 41.6 Å². The van der Waals surface area contributed by atoms with E-state index in [4.69, 9.17) is 4.74 Å². The van der Waals surface area contributed by atoms with Crippen LogP contribution in [0.1, 0.15) is 17.3 Å². The summed E-state index contributed by atoms with van der Waals surface area (Å²) in [5.74, 6) is -0.0711. The van der Waals surface area contributed by atoms with Crippen LogP contribution in [-0.2, 0) is 4.74 Å². The highest BCUT2D eigenvalue weighted by atomic mass is 16.5. The molecule has 0 bridgehead atoms. The van der Waals surface area contributed by atoms with E-state index in [1.54, 1.807) is 7.11 Å². The second kappa shape index (κ2) is 6.25. The van der Waals surface area contributed by atoms with Crippen molar-refractivity contribution in [3.8, 4) is 0 Å². The molecule has 0 heterocycles. The summed E-state index contributed by atoms with van der Waals surface area (Å²) in [6.45, 7) is 2.43. The Hall–Kier alpha value is -1.55. The molecule has 0 aliphatic carbocycles. The molecule has 1 aromatic rings. The van der Waals surface area contributed by atoms with Gasteiger partial charge in [-0.15, -0.1) is 0 Å². The van der Waals surface area contributed by atoms with Crippen LogP contribution in [0.5, 0.6) is 0 Å². The first kappa shape index (κ1) is 13.5.